The molecule has 1 aliphatic heterocycles. The maximum atomic E-state index is 12.9. The number of hydrogen-bond donors (Lipinski definition) is 2. The van der Waals surface area contributed by atoms with Gasteiger partial charge in [0.2, 0.25) is 0 Å². The summed E-state index contributed by atoms with van der Waals surface area (Å²) in [6.07, 6.45) is -3.17. The lowest BCUT2D eigenvalue weighted by atomic mass is 10.2. The fourth-order valence-corrected chi connectivity index (χ4v) is 2.06. The molecule has 1 heterocycles. The molecule has 1 saturated heterocycles. The first-order chi connectivity index (χ1) is 6.32. The summed E-state index contributed by atoms with van der Waals surface area (Å²) in [5.74, 6) is -1.37. The third-order valence-electron chi connectivity index (χ3n) is 1.66. The minimum Gasteiger partial charge on any atom is -0.455 e. The molecule has 0 saturated carbocycles. The molecular formula is C7H13FO5S. The van der Waals surface area contributed by atoms with Gasteiger partial charge in [-0.15, -0.1) is 0 Å². The van der Waals surface area contributed by atoms with Crippen molar-refractivity contribution in [1.29, 1.82) is 0 Å². The molecule has 5 nitrogen and oxygen atoms in total. The van der Waals surface area contributed by atoms with E-state index >= 15 is 0 Å². The van der Waals surface area contributed by atoms with Crippen molar-refractivity contribution in [3.63, 3.8) is 0 Å². The Balaban J connectivity index is 2.51. The highest BCUT2D eigenvalue weighted by Crippen LogP contribution is 2.49. The Labute approximate surface area is 82.8 Å². The summed E-state index contributed by atoms with van der Waals surface area (Å²) in [5.41, 5.74) is 0. The summed E-state index contributed by atoms with van der Waals surface area (Å²) in [4.78, 5) is 11.1. The zero-order chi connectivity index (χ0) is 10.9. The molecule has 0 aromatic heterocycles. The van der Waals surface area contributed by atoms with Crippen molar-refractivity contribution >= 4 is 16.8 Å². The highest BCUT2D eigenvalue weighted by atomic mass is 32.3. The molecular weight excluding hydrogens is 215 g/mol. The molecule has 0 aliphatic carbocycles. The van der Waals surface area contributed by atoms with Crippen LogP contribution in [0.1, 0.15) is 13.8 Å². The predicted molar refractivity (Wildman–Crippen MR) is 48.4 cm³/mol. The minimum atomic E-state index is -3.37. The summed E-state index contributed by atoms with van der Waals surface area (Å²) in [5, 5.41) is 0. The Bertz CT molecular complexity index is 232. The molecule has 0 bridgehead atoms. The zero-order valence-corrected chi connectivity index (χ0v) is 8.66. The number of esters is 1. The van der Waals surface area contributed by atoms with Crippen molar-refractivity contribution in [2.45, 2.75) is 26.3 Å². The van der Waals surface area contributed by atoms with Gasteiger partial charge in [0.15, 0.2) is 6.10 Å². The van der Waals surface area contributed by atoms with Gasteiger partial charge >= 0.3 is 5.97 Å². The largest absolute Gasteiger partial charge is 0.455 e. The second-order valence-corrected chi connectivity index (χ2v) is 5.09. The van der Waals surface area contributed by atoms with Gasteiger partial charge in [-0.3, -0.25) is 8.98 Å². The van der Waals surface area contributed by atoms with E-state index in [-0.39, 0.29) is 5.92 Å². The molecule has 0 spiro atoms. The standard InChI is InChI=1S/C7H13FO5S/c1-4(2)7(9)12-5-3-14(10,11)13-6(5)8/h4-6,10-11H,3H2,1-2H3. The Morgan fingerprint density at radius 3 is 2.57 bits per heavy atom. The van der Waals surface area contributed by atoms with Crippen LogP contribution in [0.4, 0.5) is 4.39 Å². The molecule has 14 heavy (non-hydrogen) atoms. The van der Waals surface area contributed by atoms with Crippen LogP contribution in [-0.4, -0.2) is 33.3 Å². The maximum Gasteiger partial charge on any atom is 0.308 e. The summed E-state index contributed by atoms with van der Waals surface area (Å²) >= 11 is 0. The van der Waals surface area contributed by atoms with Gasteiger partial charge in [-0.2, -0.15) is 0 Å². The van der Waals surface area contributed by atoms with Crippen molar-refractivity contribution in [3.05, 3.63) is 0 Å². The normalized spacial score (nSPS) is 33.0. The molecule has 2 N–H and O–H groups in total. The maximum absolute atomic E-state index is 12.9. The lowest BCUT2D eigenvalue weighted by molar-refractivity contribution is -0.159. The van der Waals surface area contributed by atoms with Crippen LogP contribution in [-0.2, 0) is 13.7 Å². The third kappa shape index (κ3) is 2.81. The summed E-state index contributed by atoms with van der Waals surface area (Å²) in [6.45, 7) is 3.20. The number of rotatable bonds is 2. The van der Waals surface area contributed by atoms with E-state index in [1.165, 1.54) is 0 Å². The molecule has 0 aromatic rings. The Morgan fingerprint density at radius 1 is 1.64 bits per heavy atom. The molecule has 0 amide bonds. The lowest BCUT2D eigenvalue weighted by Gasteiger charge is -2.17. The van der Waals surface area contributed by atoms with Crippen LogP contribution in [0.2, 0.25) is 0 Å². The number of ether oxygens (including phenoxy) is 1. The number of halogens is 1. The number of carbonyl (C=O) groups excluding carboxylic acids is 1. The number of carbonyl (C=O) groups is 1. The molecule has 84 valence electrons. The second-order valence-electron chi connectivity index (χ2n) is 3.35. The first kappa shape index (κ1) is 11.7. The van der Waals surface area contributed by atoms with Crippen molar-refractivity contribution in [3.8, 4) is 0 Å². The average Bonchev–Trinajstić information content (AvgIpc) is 2.24. The Morgan fingerprint density at radius 2 is 2.21 bits per heavy atom. The number of alkyl halides is 1. The van der Waals surface area contributed by atoms with Crippen molar-refractivity contribution in [1.82, 2.24) is 0 Å². The minimum absolute atomic E-state index is 0.385. The van der Waals surface area contributed by atoms with Crippen LogP contribution in [0.5, 0.6) is 0 Å². The van der Waals surface area contributed by atoms with Crippen LogP contribution in [0.15, 0.2) is 0 Å². The van der Waals surface area contributed by atoms with Gasteiger partial charge < -0.3 is 13.8 Å². The average molecular weight is 228 g/mol. The van der Waals surface area contributed by atoms with E-state index in [2.05, 4.69) is 8.92 Å². The first-order valence-corrected chi connectivity index (χ1v) is 5.74. The monoisotopic (exact) mass is 228 g/mol. The molecule has 0 aromatic carbocycles. The van der Waals surface area contributed by atoms with E-state index in [9.17, 15) is 9.18 Å². The van der Waals surface area contributed by atoms with E-state index in [1.807, 2.05) is 0 Å². The lowest BCUT2D eigenvalue weighted by Crippen LogP contribution is -2.28. The first-order valence-electron chi connectivity index (χ1n) is 4.10. The van der Waals surface area contributed by atoms with Gasteiger partial charge in [-0.25, -0.2) is 4.39 Å². The van der Waals surface area contributed by atoms with Crippen molar-refractivity contribution < 1.29 is 27.2 Å². The van der Waals surface area contributed by atoms with Crippen LogP contribution in [0.3, 0.4) is 0 Å². The van der Waals surface area contributed by atoms with E-state index in [0.29, 0.717) is 0 Å². The molecule has 1 rings (SSSR count). The van der Waals surface area contributed by atoms with Gasteiger partial charge in [0.05, 0.1) is 22.5 Å². The Kier molecular flexibility index (Phi) is 3.36. The highest BCUT2D eigenvalue weighted by Gasteiger charge is 2.44. The molecule has 7 heteroatoms. The topological polar surface area (TPSA) is 76.0 Å². The van der Waals surface area contributed by atoms with Crippen molar-refractivity contribution in [2.24, 2.45) is 5.92 Å². The summed E-state index contributed by atoms with van der Waals surface area (Å²) in [6, 6.07) is 0. The quantitative estimate of drug-likeness (QED) is 0.701. The van der Waals surface area contributed by atoms with Crippen LogP contribution < -0.4 is 0 Å². The third-order valence-corrected chi connectivity index (χ3v) is 2.91. The SMILES string of the molecule is CC(C)C(=O)OC1CS(O)(O)OC1F. The van der Waals surface area contributed by atoms with E-state index in [4.69, 9.17) is 9.11 Å². The number of hydrogen-bond acceptors (Lipinski definition) is 5. The molecule has 2 atom stereocenters. The summed E-state index contributed by atoms with van der Waals surface area (Å²) < 4.78 is 39.7. The van der Waals surface area contributed by atoms with Gasteiger partial charge in [-0.05, 0) is 0 Å². The van der Waals surface area contributed by atoms with Gasteiger partial charge in [-0.1, -0.05) is 13.8 Å². The second kappa shape index (κ2) is 4.01. The smallest absolute Gasteiger partial charge is 0.308 e. The molecule has 2 unspecified atom stereocenters. The highest BCUT2D eigenvalue weighted by molar-refractivity contribution is 8.20. The molecule has 0 radical (unpaired) electrons. The van der Waals surface area contributed by atoms with E-state index in [0.717, 1.165) is 0 Å². The summed E-state index contributed by atoms with van der Waals surface area (Å²) in [7, 11) is -3.37. The van der Waals surface area contributed by atoms with Gasteiger partial charge in [0, 0.05) is 0 Å². The Hall–Kier alpha value is -0.370. The fourth-order valence-electron chi connectivity index (χ4n) is 0.911. The van der Waals surface area contributed by atoms with Crippen LogP contribution in [0, 0.1) is 5.92 Å². The molecule has 1 aliphatic rings. The molecule has 1 fully saturated rings. The zero-order valence-electron chi connectivity index (χ0n) is 7.84. The fraction of sp³-hybridized carbons (Fsp3) is 0.857. The van der Waals surface area contributed by atoms with Gasteiger partial charge in [0.1, 0.15) is 0 Å². The van der Waals surface area contributed by atoms with E-state index < -0.39 is 35.1 Å². The van der Waals surface area contributed by atoms with Gasteiger partial charge in [0.25, 0.3) is 6.36 Å². The van der Waals surface area contributed by atoms with Crippen LogP contribution in [0.25, 0.3) is 0 Å². The van der Waals surface area contributed by atoms with Crippen LogP contribution >= 0.6 is 10.9 Å². The predicted octanol–water partition coefficient (Wildman–Crippen LogP) is 1.55. The van der Waals surface area contributed by atoms with Crippen molar-refractivity contribution in [2.75, 3.05) is 5.75 Å². The van der Waals surface area contributed by atoms with E-state index in [1.54, 1.807) is 13.8 Å².